The number of hydrogen-bond acceptors (Lipinski definition) is 5. The van der Waals surface area contributed by atoms with E-state index in [1.807, 2.05) is 62.5 Å². The Bertz CT molecular complexity index is 1280. The molecule has 0 saturated heterocycles. The highest BCUT2D eigenvalue weighted by molar-refractivity contribution is 8.00. The van der Waals surface area contributed by atoms with Gasteiger partial charge < -0.3 is 11.1 Å². The summed E-state index contributed by atoms with van der Waals surface area (Å²) in [5.74, 6) is -0.556. The standard InChI is InChI=1S/C23H21N5O2S/c1-14-21-16(23(30)26-17-10-6-7-11-19(17)31-13-20(24)29)12-18(15-8-4-3-5-9-15)25-22(21)28(2)27-14/h3-12H,13H2,1-2H3,(H2,24,29)(H,26,30). The summed E-state index contributed by atoms with van der Waals surface area (Å²) in [6, 6.07) is 18.8. The molecule has 2 amide bonds. The molecular weight excluding hydrogens is 410 g/mol. The van der Waals surface area contributed by atoms with Gasteiger partial charge in [-0.2, -0.15) is 5.10 Å². The van der Waals surface area contributed by atoms with Crippen LogP contribution in [0.2, 0.25) is 0 Å². The minimum Gasteiger partial charge on any atom is -0.369 e. The van der Waals surface area contributed by atoms with Crippen molar-refractivity contribution in [1.29, 1.82) is 0 Å². The number of primary amides is 1. The molecular formula is C23H21N5O2S. The van der Waals surface area contributed by atoms with Gasteiger partial charge in [-0.3, -0.25) is 14.3 Å². The van der Waals surface area contributed by atoms with Crippen LogP contribution in [-0.2, 0) is 11.8 Å². The Balaban J connectivity index is 1.77. The van der Waals surface area contributed by atoms with Crippen molar-refractivity contribution in [2.75, 3.05) is 11.1 Å². The van der Waals surface area contributed by atoms with Crippen LogP contribution in [0.4, 0.5) is 5.69 Å². The summed E-state index contributed by atoms with van der Waals surface area (Å²) in [5.41, 5.74) is 9.35. The zero-order valence-corrected chi connectivity index (χ0v) is 17.9. The molecule has 156 valence electrons. The number of nitrogens with one attached hydrogen (secondary N) is 1. The van der Waals surface area contributed by atoms with Crippen LogP contribution < -0.4 is 11.1 Å². The Morgan fingerprint density at radius 3 is 2.55 bits per heavy atom. The third-order valence-corrected chi connectivity index (χ3v) is 5.88. The van der Waals surface area contributed by atoms with Gasteiger partial charge in [0.1, 0.15) is 0 Å². The summed E-state index contributed by atoms with van der Waals surface area (Å²) in [6.45, 7) is 1.86. The lowest BCUT2D eigenvalue weighted by molar-refractivity contribution is -0.115. The first kappa shape index (κ1) is 20.6. The predicted molar refractivity (Wildman–Crippen MR) is 123 cm³/mol. The monoisotopic (exact) mass is 431 g/mol. The molecule has 8 heteroatoms. The average molecular weight is 432 g/mol. The van der Waals surface area contributed by atoms with Gasteiger partial charge in [0.15, 0.2) is 5.65 Å². The number of rotatable bonds is 6. The van der Waals surface area contributed by atoms with E-state index in [2.05, 4.69) is 10.4 Å². The number of aromatic nitrogens is 3. The zero-order chi connectivity index (χ0) is 22.0. The summed E-state index contributed by atoms with van der Waals surface area (Å²) in [4.78, 5) is 30.1. The number of pyridine rings is 1. The van der Waals surface area contributed by atoms with Crippen molar-refractivity contribution in [2.45, 2.75) is 11.8 Å². The fourth-order valence-corrected chi connectivity index (χ4v) is 4.16. The smallest absolute Gasteiger partial charge is 0.256 e. The highest BCUT2D eigenvalue weighted by atomic mass is 32.2. The third kappa shape index (κ3) is 4.29. The van der Waals surface area contributed by atoms with Crippen LogP contribution in [0.3, 0.4) is 0 Å². The van der Waals surface area contributed by atoms with Crippen LogP contribution in [0.25, 0.3) is 22.3 Å². The lowest BCUT2D eigenvalue weighted by Gasteiger charge is -2.12. The Hall–Kier alpha value is -3.65. The van der Waals surface area contributed by atoms with Crippen molar-refractivity contribution in [1.82, 2.24) is 14.8 Å². The van der Waals surface area contributed by atoms with Gasteiger partial charge >= 0.3 is 0 Å². The van der Waals surface area contributed by atoms with Crippen LogP contribution in [0, 0.1) is 6.92 Å². The molecule has 4 aromatic rings. The Kier molecular flexibility index (Phi) is 5.73. The molecule has 2 heterocycles. The molecule has 0 spiro atoms. The molecule has 0 aliphatic heterocycles. The number of carbonyl (C=O) groups excluding carboxylic acids is 2. The van der Waals surface area contributed by atoms with Gasteiger partial charge in [0, 0.05) is 17.5 Å². The highest BCUT2D eigenvalue weighted by Crippen LogP contribution is 2.30. The topological polar surface area (TPSA) is 103 Å². The van der Waals surface area contributed by atoms with Crippen molar-refractivity contribution >= 4 is 40.3 Å². The zero-order valence-electron chi connectivity index (χ0n) is 17.1. The van der Waals surface area contributed by atoms with E-state index in [1.165, 1.54) is 11.8 Å². The predicted octanol–water partition coefficient (Wildman–Crippen LogP) is 3.77. The second kappa shape index (κ2) is 8.61. The lowest BCUT2D eigenvalue weighted by Crippen LogP contribution is -2.15. The fraction of sp³-hybridized carbons (Fsp3) is 0.130. The van der Waals surface area contributed by atoms with Crippen molar-refractivity contribution < 1.29 is 9.59 Å². The largest absolute Gasteiger partial charge is 0.369 e. The van der Waals surface area contributed by atoms with E-state index in [-0.39, 0.29) is 11.7 Å². The number of carbonyl (C=O) groups is 2. The van der Waals surface area contributed by atoms with Crippen molar-refractivity contribution in [3.8, 4) is 11.3 Å². The normalized spacial score (nSPS) is 10.9. The number of benzene rings is 2. The maximum absolute atomic E-state index is 13.4. The van der Waals surface area contributed by atoms with Crippen LogP contribution in [-0.4, -0.2) is 32.3 Å². The van der Waals surface area contributed by atoms with Gasteiger partial charge in [0.05, 0.1) is 33.8 Å². The SMILES string of the molecule is Cc1nn(C)c2nc(-c3ccccc3)cc(C(=O)Nc3ccccc3SCC(N)=O)c12. The van der Waals surface area contributed by atoms with Gasteiger partial charge in [-0.15, -0.1) is 11.8 Å². The number of thioether (sulfide) groups is 1. The van der Waals surface area contributed by atoms with E-state index in [9.17, 15) is 9.59 Å². The van der Waals surface area contributed by atoms with Crippen molar-refractivity contribution in [3.05, 3.63) is 71.9 Å². The number of nitrogens with zero attached hydrogens (tertiary/aromatic N) is 3. The molecule has 2 aromatic heterocycles. The van der Waals surface area contributed by atoms with E-state index in [0.717, 1.165) is 16.2 Å². The second-order valence-electron chi connectivity index (χ2n) is 7.03. The summed E-state index contributed by atoms with van der Waals surface area (Å²) in [5, 5.41) is 8.15. The van der Waals surface area contributed by atoms with E-state index in [1.54, 1.807) is 16.8 Å². The molecule has 0 unspecified atom stereocenters. The van der Waals surface area contributed by atoms with E-state index < -0.39 is 5.91 Å². The van der Waals surface area contributed by atoms with Crippen molar-refractivity contribution in [2.24, 2.45) is 12.8 Å². The molecule has 0 atom stereocenters. The average Bonchev–Trinajstić information content (AvgIpc) is 3.06. The number of hydrogen-bond donors (Lipinski definition) is 2. The van der Waals surface area contributed by atoms with Gasteiger partial charge in [-0.05, 0) is 25.1 Å². The molecule has 7 nitrogen and oxygen atoms in total. The molecule has 2 aromatic carbocycles. The number of nitrogens with two attached hydrogens (primary N) is 1. The quantitative estimate of drug-likeness (QED) is 0.452. The number of anilines is 1. The van der Waals surface area contributed by atoms with Crippen molar-refractivity contribution in [3.63, 3.8) is 0 Å². The number of para-hydroxylation sites is 1. The molecule has 31 heavy (non-hydrogen) atoms. The van der Waals surface area contributed by atoms with Gasteiger partial charge in [-0.25, -0.2) is 4.98 Å². The summed E-state index contributed by atoms with van der Waals surface area (Å²) in [6.07, 6.45) is 0. The molecule has 4 rings (SSSR count). The molecule has 3 N–H and O–H groups in total. The van der Waals surface area contributed by atoms with Crippen LogP contribution in [0.15, 0.2) is 65.6 Å². The molecule has 0 aliphatic rings. The first-order valence-electron chi connectivity index (χ1n) is 9.65. The Labute approximate surface area is 183 Å². The third-order valence-electron chi connectivity index (χ3n) is 4.79. The first-order valence-corrected chi connectivity index (χ1v) is 10.6. The summed E-state index contributed by atoms with van der Waals surface area (Å²) in [7, 11) is 1.81. The Morgan fingerprint density at radius 2 is 1.81 bits per heavy atom. The number of aryl methyl sites for hydroxylation is 2. The first-order chi connectivity index (χ1) is 14.9. The van der Waals surface area contributed by atoms with Crippen LogP contribution in [0.5, 0.6) is 0 Å². The van der Waals surface area contributed by atoms with E-state index in [4.69, 9.17) is 10.7 Å². The summed E-state index contributed by atoms with van der Waals surface area (Å²) < 4.78 is 1.69. The van der Waals surface area contributed by atoms with Gasteiger partial charge in [-0.1, -0.05) is 42.5 Å². The van der Waals surface area contributed by atoms with Gasteiger partial charge in [0.25, 0.3) is 5.91 Å². The lowest BCUT2D eigenvalue weighted by atomic mass is 10.0. The second-order valence-corrected chi connectivity index (χ2v) is 8.05. The molecule has 0 saturated carbocycles. The minimum atomic E-state index is -0.416. The van der Waals surface area contributed by atoms with Crippen LogP contribution >= 0.6 is 11.8 Å². The fourth-order valence-electron chi connectivity index (χ4n) is 3.42. The number of fused-ring (bicyclic) bond motifs is 1. The minimum absolute atomic E-state index is 0.131. The van der Waals surface area contributed by atoms with E-state index in [0.29, 0.717) is 28.0 Å². The molecule has 0 radical (unpaired) electrons. The number of amides is 2. The van der Waals surface area contributed by atoms with E-state index >= 15 is 0 Å². The maximum atomic E-state index is 13.4. The molecule has 0 bridgehead atoms. The molecule has 0 aliphatic carbocycles. The van der Waals surface area contributed by atoms with Gasteiger partial charge in [0.2, 0.25) is 5.91 Å². The highest BCUT2D eigenvalue weighted by Gasteiger charge is 2.20. The van der Waals surface area contributed by atoms with Crippen LogP contribution in [0.1, 0.15) is 16.1 Å². The maximum Gasteiger partial charge on any atom is 0.256 e. The summed E-state index contributed by atoms with van der Waals surface area (Å²) >= 11 is 1.29. The molecule has 0 fully saturated rings. The Morgan fingerprint density at radius 1 is 1.10 bits per heavy atom.